The number of hydrogen-bond donors (Lipinski definition) is 1. The van der Waals surface area contributed by atoms with E-state index in [0.717, 1.165) is 30.4 Å². The van der Waals surface area contributed by atoms with Gasteiger partial charge >= 0.3 is 0 Å². The van der Waals surface area contributed by atoms with E-state index in [2.05, 4.69) is 34.2 Å². The Morgan fingerprint density at radius 3 is 3.06 bits per heavy atom. The number of fused-ring (bicyclic) bond motifs is 1. The number of ether oxygens (including phenoxy) is 1. The molecule has 1 saturated carbocycles. The molecule has 3 rings (SSSR count). The molecule has 0 unspecified atom stereocenters. The van der Waals surface area contributed by atoms with Gasteiger partial charge in [-0.15, -0.1) is 0 Å². The molecule has 96 valence electrons. The first-order valence-corrected chi connectivity index (χ1v) is 6.48. The second-order valence-corrected chi connectivity index (χ2v) is 5.05. The van der Waals surface area contributed by atoms with Gasteiger partial charge in [0.2, 0.25) is 0 Å². The summed E-state index contributed by atoms with van der Waals surface area (Å²) >= 11 is 0. The van der Waals surface area contributed by atoms with Gasteiger partial charge in [-0.2, -0.15) is 0 Å². The van der Waals surface area contributed by atoms with Crippen LogP contribution < -0.4 is 4.74 Å². The van der Waals surface area contributed by atoms with Crippen molar-refractivity contribution >= 4 is 11.0 Å². The number of aromatic nitrogens is 2. The van der Waals surface area contributed by atoms with Crippen LogP contribution in [0.1, 0.15) is 18.4 Å². The average molecular weight is 245 g/mol. The van der Waals surface area contributed by atoms with E-state index >= 15 is 0 Å². The molecule has 4 heteroatoms. The number of pyridine rings is 1. The van der Waals surface area contributed by atoms with Crippen LogP contribution in [0.25, 0.3) is 11.0 Å². The molecule has 0 amide bonds. The lowest BCUT2D eigenvalue weighted by molar-refractivity contribution is 0.329. The van der Waals surface area contributed by atoms with E-state index in [4.69, 9.17) is 4.74 Å². The predicted octanol–water partition coefficient (Wildman–Crippen LogP) is 2.21. The smallest absolute Gasteiger partial charge is 0.137 e. The molecule has 2 aromatic rings. The monoisotopic (exact) mass is 245 g/mol. The van der Waals surface area contributed by atoms with E-state index in [9.17, 15) is 0 Å². The third-order valence-electron chi connectivity index (χ3n) is 3.73. The van der Waals surface area contributed by atoms with Gasteiger partial charge in [-0.3, -0.25) is 0 Å². The predicted molar refractivity (Wildman–Crippen MR) is 72.0 cm³/mol. The summed E-state index contributed by atoms with van der Waals surface area (Å²) in [6.45, 7) is 1.11. The highest BCUT2D eigenvalue weighted by Gasteiger charge is 2.25. The highest BCUT2D eigenvalue weighted by Crippen LogP contribution is 2.26. The summed E-state index contributed by atoms with van der Waals surface area (Å²) < 4.78 is 5.23. The quantitative estimate of drug-likeness (QED) is 0.878. The summed E-state index contributed by atoms with van der Waals surface area (Å²) in [7, 11) is 3.89. The second kappa shape index (κ2) is 4.61. The minimum Gasteiger partial charge on any atom is -0.495 e. The van der Waals surface area contributed by atoms with E-state index in [0.29, 0.717) is 0 Å². The summed E-state index contributed by atoms with van der Waals surface area (Å²) in [6.07, 6.45) is 7.60. The molecule has 0 radical (unpaired) electrons. The van der Waals surface area contributed by atoms with E-state index in [1.807, 2.05) is 0 Å². The van der Waals surface area contributed by atoms with Crippen molar-refractivity contribution in [3.05, 3.63) is 24.0 Å². The van der Waals surface area contributed by atoms with E-state index in [1.54, 1.807) is 13.3 Å². The van der Waals surface area contributed by atoms with Crippen LogP contribution >= 0.6 is 0 Å². The number of nitrogens with one attached hydrogen (secondary N) is 1. The number of H-pyrrole nitrogens is 1. The van der Waals surface area contributed by atoms with Crippen molar-refractivity contribution in [1.29, 1.82) is 0 Å². The van der Waals surface area contributed by atoms with Crippen molar-refractivity contribution in [1.82, 2.24) is 14.9 Å². The van der Waals surface area contributed by atoms with Crippen LogP contribution in [0.3, 0.4) is 0 Å². The third kappa shape index (κ3) is 2.20. The Hall–Kier alpha value is -1.55. The minimum absolute atomic E-state index is 0.818. The van der Waals surface area contributed by atoms with Gasteiger partial charge in [0.15, 0.2) is 0 Å². The Morgan fingerprint density at radius 1 is 1.50 bits per heavy atom. The van der Waals surface area contributed by atoms with Crippen LogP contribution in [0.4, 0.5) is 0 Å². The molecule has 0 aliphatic heterocycles. The SMILES string of the molecule is COc1cnc2[nH]cc(CCN(C)C3CC3)c2c1. The fourth-order valence-electron chi connectivity index (χ4n) is 2.35. The first kappa shape index (κ1) is 11.5. The van der Waals surface area contributed by atoms with Crippen LogP contribution in [0.5, 0.6) is 5.75 Å². The summed E-state index contributed by atoms with van der Waals surface area (Å²) in [4.78, 5) is 10.0. The van der Waals surface area contributed by atoms with E-state index in [-0.39, 0.29) is 0 Å². The summed E-state index contributed by atoms with van der Waals surface area (Å²) in [5.74, 6) is 0.818. The van der Waals surface area contributed by atoms with Gasteiger partial charge in [0, 0.05) is 24.2 Å². The van der Waals surface area contributed by atoms with Crippen LogP contribution in [0.2, 0.25) is 0 Å². The molecule has 0 atom stereocenters. The summed E-state index contributed by atoms with van der Waals surface area (Å²) in [5, 5.41) is 1.18. The maximum atomic E-state index is 5.23. The second-order valence-electron chi connectivity index (χ2n) is 5.05. The van der Waals surface area contributed by atoms with Crippen molar-refractivity contribution in [3.63, 3.8) is 0 Å². The first-order valence-electron chi connectivity index (χ1n) is 6.48. The maximum absolute atomic E-state index is 5.23. The molecular weight excluding hydrogens is 226 g/mol. The van der Waals surface area contributed by atoms with Gasteiger partial charge in [0.25, 0.3) is 0 Å². The third-order valence-corrected chi connectivity index (χ3v) is 3.73. The molecule has 1 fully saturated rings. The van der Waals surface area contributed by atoms with Crippen LogP contribution in [-0.4, -0.2) is 41.6 Å². The zero-order valence-corrected chi connectivity index (χ0v) is 10.9. The van der Waals surface area contributed by atoms with Crippen molar-refractivity contribution < 1.29 is 4.74 Å². The zero-order chi connectivity index (χ0) is 12.5. The van der Waals surface area contributed by atoms with Gasteiger partial charge in [0.1, 0.15) is 11.4 Å². The summed E-state index contributed by atoms with van der Waals surface area (Å²) in [5.41, 5.74) is 2.27. The van der Waals surface area contributed by atoms with E-state index in [1.165, 1.54) is 23.8 Å². The normalized spacial score (nSPS) is 15.5. The lowest BCUT2D eigenvalue weighted by atomic mass is 10.1. The van der Waals surface area contributed by atoms with Crippen LogP contribution in [0, 0.1) is 0 Å². The number of aromatic amines is 1. The zero-order valence-electron chi connectivity index (χ0n) is 10.9. The van der Waals surface area contributed by atoms with Gasteiger partial charge < -0.3 is 14.6 Å². The highest BCUT2D eigenvalue weighted by atomic mass is 16.5. The molecule has 1 aliphatic carbocycles. The Morgan fingerprint density at radius 2 is 2.33 bits per heavy atom. The van der Waals surface area contributed by atoms with Crippen LogP contribution in [-0.2, 0) is 6.42 Å². The molecule has 0 aromatic carbocycles. The minimum atomic E-state index is 0.818. The number of nitrogens with zero attached hydrogens (tertiary/aromatic N) is 2. The van der Waals surface area contributed by atoms with Crippen molar-refractivity contribution in [2.45, 2.75) is 25.3 Å². The van der Waals surface area contributed by atoms with Gasteiger partial charge in [-0.05, 0) is 37.9 Å². The van der Waals surface area contributed by atoms with Gasteiger partial charge in [-0.1, -0.05) is 0 Å². The van der Waals surface area contributed by atoms with Crippen molar-refractivity contribution in [3.8, 4) is 5.75 Å². The highest BCUT2D eigenvalue weighted by molar-refractivity contribution is 5.80. The molecule has 0 spiro atoms. The number of methoxy groups -OCH3 is 1. The van der Waals surface area contributed by atoms with Crippen molar-refractivity contribution in [2.75, 3.05) is 20.7 Å². The van der Waals surface area contributed by atoms with E-state index < -0.39 is 0 Å². The fraction of sp³-hybridized carbons (Fsp3) is 0.500. The molecule has 4 nitrogen and oxygen atoms in total. The maximum Gasteiger partial charge on any atom is 0.137 e. The Labute approximate surface area is 107 Å². The Bertz CT molecular complexity index is 545. The topological polar surface area (TPSA) is 41.1 Å². The lowest BCUT2D eigenvalue weighted by Gasteiger charge is -2.14. The van der Waals surface area contributed by atoms with Gasteiger partial charge in [-0.25, -0.2) is 4.98 Å². The largest absolute Gasteiger partial charge is 0.495 e. The molecule has 2 heterocycles. The molecule has 0 bridgehead atoms. The molecule has 0 saturated heterocycles. The van der Waals surface area contributed by atoms with Crippen molar-refractivity contribution in [2.24, 2.45) is 0 Å². The molecular formula is C14H19N3O. The first-order chi connectivity index (χ1) is 8.78. The number of rotatable bonds is 5. The molecule has 1 aliphatic rings. The Balaban J connectivity index is 1.77. The number of hydrogen-bond acceptors (Lipinski definition) is 3. The fourth-order valence-corrected chi connectivity index (χ4v) is 2.35. The Kier molecular flexibility index (Phi) is 2.96. The lowest BCUT2D eigenvalue weighted by Crippen LogP contribution is -2.23. The molecule has 18 heavy (non-hydrogen) atoms. The molecule has 2 aromatic heterocycles. The standard InChI is InChI=1S/C14H19N3O/c1-17(11-3-4-11)6-5-10-8-15-14-13(10)7-12(18-2)9-16-14/h7-9,11H,3-6H2,1-2H3,(H,15,16). The molecule has 1 N–H and O–H groups in total. The average Bonchev–Trinajstić information content (AvgIpc) is 3.17. The van der Waals surface area contributed by atoms with Crippen LogP contribution in [0.15, 0.2) is 18.5 Å². The number of likely N-dealkylation sites (N-methyl/N-ethyl adjacent to an activating group) is 1. The summed E-state index contributed by atoms with van der Waals surface area (Å²) in [6, 6.07) is 2.88. The van der Waals surface area contributed by atoms with Gasteiger partial charge in [0.05, 0.1) is 13.3 Å².